The van der Waals surface area contributed by atoms with E-state index in [0.29, 0.717) is 40.7 Å². The number of aromatic nitrogens is 3. The monoisotopic (exact) mass is 615 g/mol. The minimum Gasteiger partial charge on any atom is -0.507 e. The molecule has 5 aliphatic rings. The molecular weight excluding hydrogens is 584 g/mol. The standard InChI is InChI=1S/C34H32ClF2N5O2/c1-2-21-22-6-8-26(43)27(23(22)5-7-25(21)36)30-28(37)29-24(15-38-30)31(42-16-19-3-4-20(17-42)39-19)41-32(40-29)44-18-33-9-12-34(35,13-10-33)14-11-33/h1,5-8,15,19-20,39,43H,3-4,9-14,16-18H2/t19-,20+,33?,34?. The van der Waals surface area contributed by atoms with E-state index in [1.807, 2.05) is 0 Å². The lowest BCUT2D eigenvalue weighted by atomic mass is 9.61. The highest BCUT2D eigenvalue weighted by Crippen LogP contribution is 2.55. The lowest BCUT2D eigenvalue weighted by molar-refractivity contribution is 0.0260. The summed E-state index contributed by atoms with van der Waals surface area (Å²) >= 11 is 6.76. The number of phenols is 1. The van der Waals surface area contributed by atoms with Gasteiger partial charge in [-0.25, -0.2) is 8.78 Å². The number of nitrogens with zero attached hydrogens (tertiary/aromatic N) is 4. The maximum atomic E-state index is 16.7. The third-order valence-electron chi connectivity index (χ3n) is 10.5. The number of piperazine rings is 1. The van der Waals surface area contributed by atoms with Crippen molar-refractivity contribution in [2.24, 2.45) is 5.41 Å². The minimum atomic E-state index is -0.719. The van der Waals surface area contributed by atoms with Gasteiger partial charge in [-0.3, -0.25) is 4.98 Å². The van der Waals surface area contributed by atoms with Gasteiger partial charge in [0.15, 0.2) is 5.82 Å². The van der Waals surface area contributed by atoms with Gasteiger partial charge in [-0.15, -0.1) is 18.0 Å². The summed E-state index contributed by atoms with van der Waals surface area (Å²) < 4.78 is 37.6. The predicted octanol–water partition coefficient (Wildman–Crippen LogP) is 6.46. The van der Waals surface area contributed by atoms with Gasteiger partial charge in [0.1, 0.15) is 28.6 Å². The van der Waals surface area contributed by atoms with Gasteiger partial charge in [-0.1, -0.05) is 12.0 Å². The summed E-state index contributed by atoms with van der Waals surface area (Å²) in [6.45, 7) is 1.91. The van der Waals surface area contributed by atoms with Crippen molar-refractivity contribution in [2.75, 3.05) is 24.6 Å². The van der Waals surface area contributed by atoms with E-state index in [1.54, 1.807) is 6.20 Å². The van der Waals surface area contributed by atoms with Gasteiger partial charge >= 0.3 is 6.01 Å². The third-order valence-corrected chi connectivity index (χ3v) is 11.1. The molecule has 226 valence electrons. The van der Waals surface area contributed by atoms with Gasteiger partial charge < -0.3 is 20.1 Å². The van der Waals surface area contributed by atoms with Gasteiger partial charge in [-0.2, -0.15) is 9.97 Å². The van der Waals surface area contributed by atoms with Gasteiger partial charge in [0.25, 0.3) is 0 Å². The van der Waals surface area contributed by atoms with Crippen LogP contribution in [0.25, 0.3) is 32.9 Å². The number of aromatic hydroxyl groups is 1. The molecule has 2 atom stereocenters. The number of rotatable bonds is 5. The summed E-state index contributed by atoms with van der Waals surface area (Å²) in [6.07, 6.45) is 15.2. The van der Waals surface area contributed by atoms with E-state index < -0.39 is 11.6 Å². The molecule has 2 N–H and O–H groups in total. The Balaban J connectivity index is 1.25. The van der Waals surface area contributed by atoms with Crippen LogP contribution in [-0.4, -0.2) is 56.7 Å². The number of halogens is 3. The SMILES string of the molecule is C#Cc1c(F)ccc2c(-c3ncc4c(N5C[C@H]6CC[C@@H](C5)N6)nc(OCC56CCC(Cl)(CC5)CC6)nc4c3F)c(O)ccc12. The van der Waals surface area contributed by atoms with Crippen LogP contribution < -0.4 is 15.0 Å². The first-order chi connectivity index (χ1) is 21.2. The fourth-order valence-electron chi connectivity index (χ4n) is 7.89. The molecule has 9 rings (SSSR count). The van der Waals surface area contributed by atoms with Crippen LogP contribution in [0.3, 0.4) is 0 Å². The first-order valence-corrected chi connectivity index (χ1v) is 15.7. The first kappa shape index (κ1) is 27.8. The molecule has 4 bridgehead atoms. The number of pyridine rings is 1. The maximum Gasteiger partial charge on any atom is 0.319 e. The van der Waals surface area contributed by atoms with Crippen LogP contribution in [0, 0.1) is 29.4 Å². The smallest absolute Gasteiger partial charge is 0.319 e. The van der Waals surface area contributed by atoms with Crippen LogP contribution in [0.1, 0.15) is 56.9 Å². The Kier molecular flexibility index (Phi) is 6.41. The molecule has 0 unspecified atom stereocenters. The van der Waals surface area contributed by atoms with Crippen molar-refractivity contribution in [2.45, 2.75) is 68.3 Å². The summed E-state index contributed by atoms with van der Waals surface area (Å²) in [5.41, 5.74) is 0.122. The summed E-state index contributed by atoms with van der Waals surface area (Å²) in [5.74, 6) is 1.47. The van der Waals surface area contributed by atoms with E-state index in [2.05, 4.69) is 26.1 Å². The summed E-state index contributed by atoms with van der Waals surface area (Å²) in [5, 5.41) is 15.8. The molecule has 2 aromatic carbocycles. The molecule has 2 aromatic heterocycles. The molecule has 4 heterocycles. The second-order valence-electron chi connectivity index (χ2n) is 13.1. The third kappa shape index (κ3) is 4.45. The van der Waals surface area contributed by atoms with Crippen molar-refractivity contribution in [1.29, 1.82) is 0 Å². The number of hydrogen-bond donors (Lipinski definition) is 2. The summed E-state index contributed by atoms with van der Waals surface area (Å²) in [7, 11) is 0. The van der Waals surface area contributed by atoms with E-state index >= 15 is 4.39 Å². The number of alkyl halides is 1. The Morgan fingerprint density at radius 3 is 2.41 bits per heavy atom. The van der Waals surface area contributed by atoms with Crippen LogP contribution in [-0.2, 0) is 0 Å². The highest BCUT2D eigenvalue weighted by Gasteiger charge is 2.48. The fraction of sp³-hybridized carbons (Fsp3) is 0.441. The quantitative estimate of drug-likeness (QED) is 0.197. The van der Waals surface area contributed by atoms with E-state index in [1.165, 1.54) is 24.3 Å². The van der Waals surface area contributed by atoms with E-state index in [0.717, 1.165) is 64.5 Å². The van der Waals surface area contributed by atoms with Crippen molar-refractivity contribution >= 4 is 39.1 Å². The average molecular weight is 616 g/mol. The highest BCUT2D eigenvalue weighted by atomic mass is 35.5. The zero-order valence-corrected chi connectivity index (χ0v) is 24.9. The number of phenolic OH excluding ortho intramolecular Hbond substituents is 1. The number of hydrogen-bond acceptors (Lipinski definition) is 7. The molecule has 3 saturated carbocycles. The molecule has 5 fully saturated rings. The lowest BCUT2D eigenvalue weighted by Crippen LogP contribution is -2.51. The molecule has 4 aromatic rings. The number of ether oxygens (including phenoxy) is 1. The zero-order chi connectivity index (χ0) is 30.2. The van der Waals surface area contributed by atoms with E-state index in [-0.39, 0.29) is 44.4 Å². The van der Waals surface area contributed by atoms with E-state index in [4.69, 9.17) is 27.7 Å². The minimum absolute atomic E-state index is 0.0178. The molecule has 0 amide bonds. The summed E-state index contributed by atoms with van der Waals surface area (Å²) in [4.78, 5) is 16.1. The van der Waals surface area contributed by atoms with Gasteiger partial charge in [0, 0.05) is 47.0 Å². The molecule has 44 heavy (non-hydrogen) atoms. The topological polar surface area (TPSA) is 83.4 Å². The van der Waals surface area contributed by atoms with Crippen LogP contribution in [0.4, 0.5) is 14.6 Å². The molecule has 10 heteroatoms. The Morgan fingerprint density at radius 2 is 1.70 bits per heavy atom. The molecule has 2 saturated heterocycles. The van der Waals surface area contributed by atoms with Crippen molar-refractivity contribution in [3.05, 3.63) is 47.7 Å². The first-order valence-electron chi connectivity index (χ1n) is 15.3. The number of fused-ring (bicyclic) bond motifs is 7. The number of terminal acetylenes is 1. The molecule has 7 nitrogen and oxygen atoms in total. The van der Waals surface area contributed by atoms with E-state index in [9.17, 15) is 9.50 Å². The van der Waals surface area contributed by atoms with Crippen LogP contribution in [0.5, 0.6) is 11.8 Å². The predicted molar refractivity (Wildman–Crippen MR) is 166 cm³/mol. The molecule has 0 radical (unpaired) electrons. The normalized spacial score (nSPS) is 27.6. The Labute approximate surface area is 259 Å². The Morgan fingerprint density at radius 1 is 1.00 bits per heavy atom. The molecule has 3 aliphatic carbocycles. The number of nitrogens with one attached hydrogen (secondary N) is 1. The van der Waals surface area contributed by atoms with Crippen molar-refractivity contribution in [1.82, 2.24) is 20.3 Å². The van der Waals surface area contributed by atoms with Gasteiger partial charge in [0.05, 0.1) is 23.1 Å². The van der Waals surface area contributed by atoms with Crippen LogP contribution >= 0.6 is 11.6 Å². The lowest BCUT2D eigenvalue weighted by Gasteiger charge is -2.50. The molecular formula is C34H32ClF2N5O2. The fourth-order valence-corrected chi connectivity index (χ4v) is 8.17. The van der Waals surface area contributed by atoms with Crippen molar-refractivity contribution < 1.29 is 18.6 Å². The summed E-state index contributed by atoms with van der Waals surface area (Å²) in [6, 6.07) is 6.38. The molecule has 0 spiro atoms. The van der Waals surface area contributed by atoms with Gasteiger partial charge in [0.2, 0.25) is 0 Å². The number of benzene rings is 2. The highest BCUT2D eigenvalue weighted by molar-refractivity contribution is 6.24. The number of anilines is 1. The van der Waals surface area contributed by atoms with Crippen LogP contribution in [0.2, 0.25) is 0 Å². The Hall–Kier alpha value is -3.74. The zero-order valence-electron chi connectivity index (χ0n) is 24.2. The van der Waals surface area contributed by atoms with Crippen molar-refractivity contribution in [3.63, 3.8) is 0 Å². The van der Waals surface area contributed by atoms with Crippen LogP contribution in [0.15, 0.2) is 30.5 Å². The largest absolute Gasteiger partial charge is 0.507 e. The van der Waals surface area contributed by atoms with Crippen molar-refractivity contribution in [3.8, 4) is 35.4 Å². The maximum absolute atomic E-state index is 16.7. The second kappa shape index (κ2) is 10.1. The second-order valence-corrected chi connectivity index (χ2v) is 13.9. The van der Waals surface area contributed by atoms with Gasteiger partial charge in [-0.05, 0) is 75.0 Å². The Bertz CT molecular complexity index is 1840. The molecule has 2 aliphatic heterocycles. The average Bonchev–Trinajstić information content (AvgIpc) is 3.38.